The first-order valence-corrected chi connectivity index (χ1v) is 3.93. The van der Waals surface area contributed by atoms with Crippen molar-refractivity contribution < 1.29 is 14.3 Å². The van der Waals surface area contributed by atoms with Crippen LogP contribution in [0, 0.1) is 0 Å². The van der Waals surface area contributed by atoms with Crippen LogP contribution in [0.5, 0.6) is 5.75 Å². The molecular weight excluding hydrogens is 184 g/mol. The van der Waals surface area contributed by atoms with Crippen LogP contribution in [0.3, 0.4) is 0 Å². The SMILES string of the molecule is CNC(=O)c1ccc(OC(N)=O)cc1. The molecule has 5 nitrogen and oxygen atoms in total. The molecule has 0 saturated heterocycles. The van der Waals surface area contributed by atoms with E-state index in [-0.39, 0.29) is 5.91 Å². The van der Waals surface area contributed by atoms with Crippen LogP contribution in [0.25, 0.3) is 0 Å². The van der Waals surface area contributed by atoms with E-state index in [4.69, 9.17) is 5.73 Å². The number of ether oxygens (including phenoxy) is 1. The summed E-state index contributed by atoms with van der Waals surface area (Å²) >= 11 is 0. The maximum atomic E-state index is 11.1. The van der Waals surface area contributed by atoms with Gasteiger partial charge in [0.1, 0.15) is 5.75 Å². The van der Waals surface area contributed by atoms with E-state index < -0.39 is 6.09 Å². The Morgan fingerprint density at radius 3 is 2.29 bits per heavy atom. The molecule has 74 valence electrons. The standard InChI is InChI=1S/C9H10N2O3/c1-11-8(12)6-2-4-7(5-3-6)14-9(10)13/h2-5H,1H3,(H2,10,13)(H,11,12). The molecule has 0 atom stereocenters. The van der Waals surface area contributed by atoms with E-state index in [9.17, 15) is 9.59 Å². The maximum Gasteiger partial charge on any atom is 0.409 e. The van der Waals surface area contributed by atoms with Crippen molar-refractivity contribution in [3.8, 4) is 5.75 Å². The van der Waals surface area contributed by atoms with Crippen LogP contribution in [-0.2, 0) is 0 Å². The molecule has 1 rings (SSSR count). The molecule has 0 aliphatic heterocycles. The lowest BCUT2D eigenvalue weighted by Crippen LogP contribution is -2.18. The van der Waals surface area contributed by atoms with Crippen molar-refractivity contribution in [3.05, 3.63) is 29.8 Å². The third-order valence-corrected chi connectivity index (χ3v) is 1.56. The van der Waals surface area contributed by atoms with E-state index >= 15 is 0 Å². The second-order valence-electron chi connectivity index (χ2n) is 2.52. The Labute approximate surface area is 80.9 Å². The second-order valence-corrected chi connectivity index (χ2v) is 2.52. The maximum absolute atomic E-state index is 11.1. The summed E-state index contributed by atoms with van der Waals surface area (Å²) < 4.78 is 4.59. The summed E-state index contributed by atoms with van der Waals surface area (Å²) in [5.74, 6) is 0.112. The van der Waals surface area contributed by atoms with Gasteiger partial charge in [0.05, 0.1) is 0 Å². The molecule has 1 aromatic rings. The number of amides is 2. The van der Waals surface area contributed by atoms with Crippen LogP contribution in [-0.4, -0.2) is 19.0 Å². The summed E-state index contributed by atoms with van der Waals surface area (Å²) in [6.07, 6.45) is -0.877. The molecule has 0 unspecified atom stereocenters. The van der Waals surface area contributed by atoms with E-state index in [1.165, 1.54) is 31.3 Å². The van der Waals surface area contributed by atoms with Gasteiger partial charge in [-0.25, -0.2) is 4.79 Å². The number of benzene rings is 1. The minimum Gasteiger partial charge on any atom is -0.411 e. The van der Waals surface area contributed by atoms with Gasteiger partial charge in [-0.2, -0.15) is 0 Å². The van der Waals surface area contributed by atoms with Crippen molar-refractivity contribution in [2.24, 2.45) is 5.73 Å². The number of nitrogens with one attached hydrogen (secondary N) is 1. The van der Waals surface area contributed by atoms with Gasteiger partial charge >= 0.3 is 6.09 Å². The molecule has 0 bridgehead atoms. The van der Waals surface area contributed by atoms with Gasteiger partial charge in [-0.3, -0.25) is 4.79 Å². The second kappa shape index (κ2) is 4.27. The van der Waals surface area contributed by atoms with Crippen molar-refractivity contribution in [1.82, 2.24) is 5.32 Å². The first kappa shape index (κ1) is 10.0. The molecule has 5 heteroatoms. The highest BCUT2D eigenvalue weighted by Gasteiger charge is 2.03. The molecule has 14 heavy (non-hydrogen) atoms. The lowest BCUT2D eigenvalue weighted by Gasteiger charge is -2.02. The smallest absolute Gasteiger partial charge is 0.409 e. The number of hydrogen-bond acceptors (Lipinski definition) is 3. The number of hydrogen-bond donors (Lipinski definition) is 2. The molecule has 1 aromatic carbocycles. The van der Waals surface area contributed by atoms with E-state index in [0.29, 0.717) is 11.3 Å². The topological polar surface area (TPSA) is 81.4 Å². The predicted molar refractivity (Wildman–Crippen MR) is 50.0 cm³/mol. The minimum absolute atomic E-state index is 0.198. The number of rotatable bonds is 2. The molecule has 0 fully saturated rings. The van der Waals surface area contributed by atoms with E-state index in [1.54, 1.807) is 0 Å². The average molecular weight is 194 g/mol. The molecule has 3 N–H and O–H groups in total. The zero-order chi connectivity index (χ0) is 10.6. The fourth-order valence-electron chi connectivity index (χ4n) is 0.935. The van der Waals surface area contributed by atoms with Crippen molar-refractivity contribution in [3.63, 3.8) is 0 Å². The summed E-state index contributed by atoms with van der Waals surface area (Å²) in [6.45, 7) is 0. The Balaban J connectivity index is 2.78. The van der Waals surface area contributed by atoms with Gasteiger partial charge in [-0.15, -0.1) is 0 Å². The monoisotopic (exact) mass is 194 g/mol. The third kappa shape index (κ3) is 2.48. The molecule has 0 aliphatic rings. The number of primary amides is 1. The first-order chi connectivity index (χ1) is 6.63. The van der Waals surface area contributed by atoms with Crippen molar-refractivity contribution in [2.45, 2.75) is 0 Å². The quantitative estimate of drug-likeness (QED) is 0.719. The van der Waals surface area contributed by atoms with Crippen molar-refractivity contribution in [1.29, 1.82) is 0 Å². The Kier molecular flexibility index (Phi) is 3.06. The van der Waals surface area contributed by atoms with Gasteiger partial charge in [0.25, 0.3) is 5.91 Å². The fourth-order valence-corrected chi connectivity index (χ4v) is 0.935. The van der Waals surface area contributed by atoms with Crippen LogP contribution in [0.1, 0.15) is 10.4 Å². The van der Waals surface area contributed by atoms with Gasteiger partial charge in [0, 0.05) is 12.6 Å². The highest BCUT2D eigenvalue weighted by Crippen LogP contribution is 2.11. The van der Waals surface area contributed by atoms with Crippen LogP contribution in [0.2, 0.25) is 0 Å². The summed E-state index contributed by atoms with van der Waals surface area (Å²) in [7, 11) is 1.54. The van der Waals surface area contributed by atoms with Crippen molar-refractivity contribution in [2.75, 3.05) is 7.05 Å². The minimum atomic E-state index is -0.877. The average Bonchev–Trinajstić information content (AvgIpc) is 2.17. The Morgan fingerprint density at radius 1 is 1.29 bits per heavy atom. The lowest BCUT2D eigenvalue weighted by molar-refractivity contribution is 0.0963. The predicted octanol–water partition coefficient (Wildman–Crippen LogP) is 0.504. The van der Waals surface area contributed by atoms with Crippen molar-refractivity contribution >= 4 is 12.0 Å². The van der Waals surface area contributed by atoms with E-state index in [1.807, 2.05) is 0 Å². The first-order valence-electron chi connectivity index (χ1n) is 3.93. The summed E-state index contributed by atoms with van der Waals surface area (Å²) in [5.41, 5.74) is 5.30. The third-order valence-electron chi connectivity index (χ3n) is 1.56. The van der Waals surface area contributed by atoms with Crippen LogP contribution in [0.4, 0.5) is 4.79 Å². The van der Waals surface area contributed by atoms with Gasteiger partial charge < -0.3 is 15.8 Å². The largest absolute Gasteiger partial charge is 0.411 e. The fraction of sp³-hybridized carbons (Fsp3) is 0.111. The molecule has 0 radical (unpaired) electrons. The number of carbonyl (C=O) groups is 2. The molecule has 0 aliphatic carbocycles. The molecular formula is C9H10N2O3. The van der Waals surface area contributed by atoms with Gasteiger partial charge in [0.15, 0.2) is 0 Å². The molecule has 0 saturated carbocycles. The van der Waals surface area contributed by atoms with Gasteiger partial charge in [-0.05, 0) is 24.3 Å². The Hall–Kier alpha value is -2.04. The summed E-state index contributed by atoms with van der Waals surface area (Å²) in [6, 6.07) is 6.07. The van der Waals surface area contributed by atoms with E-state index in [0.717, 1.165) is 0 Å². The van der Waals surface area contributed by atoms with Gasteiger partial charge in [0.2, 0.25) is 0 Å². The van der Waals surface area contributed by atoms with Crippen LogP contribution >= 0.6 is 0 Å². The molecule has 0 aromatic heterocycles. The van der Waals surface area contributed by atoms with Crippen LogP contribution in [0.15, 0.2) is 24.3 Å². The normalized spacial score (nSPS) is 9.21. The highest BCUT2D eigenvalue weighted by atomic mass is 16.5. The lowest BCUT2D eigenvalue weighted by atomic mass is 10.2. The number of nitrogens with two attached hydrogens (primary N) is 1. The molecule has 0 heterocycles. The molecule has 0 spiro atoms. The Morgan fingerprint density at radius 2 is 1.86 bits per heavy atom. The number of carbonyl (C=O) groups excluding carboxylic acids is 2. The zero-order valence-corrected chi connectivity index (χ0v) is 7.61. The summed E-state index contributed by atoms with van der Waals surface area (Å²) in [4.78, 5) is 21.5. The van der Waals surface area contributed by atoms with E-state index in [2.05, 4.69) is 10.1 Å². The van der Waals surface area contributed by atoms with Gasteiger partial charge in [-0.1, -0.05) is 0 Å². The molecule has 2 amide bonds. The Bertz CT molecular complexity index is 346. The zero-order valence-electron chi connectivity index (χ0n) is 7.61. The highest BCUT2D eigenvalue weighted by molar-refractivity contribution is 5.94. The van der Waals surface area contributed by atoms with Crippen LogP contribution < -0.4 is 15.8 Å². The summed E-state index contributed by atoms with van der Waals surface area (Å²) in [5, 5.41) is 2.47.